The second kappa shape index (κ2) is 6.48. The molecule has 0 aliphatic heterocycles. The minimum absolute atomic E-state index is 0.213. The summed E-state index contributed by atoms with van der Waals surface area (Å²) in [5.74, 6) is -0.213. The lowest BCUT2D eigenvalue weighted by atomic mass is 10.2. The van der Waals surface area contributed by atoms with Gasteiger partial charge in [0.2, 0.25) is 0 Å². The standard InChI is InChI=1S/C19H19N3O/c1-14(2)22-13-16(17-10-6-7-11-18(17)22)12-20-21-19(23)15-8-4-3-5-9-15/h3-14H,1-2H3,(H,21,23)/b20-12+. The molecule has 0 unspecified atom stereocenters. The van der Waals surface area contributed by atoms with Gasteiger partial charge in [-0.3, -0.25) is 4.79 Å². The minimum atomic E-state index is -0.213. The summed E-state index contributed by atoms with van der Waals surface area (Å²) in [6.07, 6.45) is 3.76. The molecule has 0 bridgehead atoms. The van der Waals surface area contributed by atoms with Crippen LogP contribution in [0.2, 0.25) is 0 Å². The number of nitrogens with one attached hydrogen (secondary N) is 1. The van der Waals surface area contributed by atoms with Gasteiger partial charge in [0, 0.05) is 34.3 Å². The van der Waals surface area contributed by atoms with Gasteiger partial charge < -0.3 is 4.57 Å². The van der Waals surface area contributed by atoms with E-state index in [2.05, 4.69) is 47.3 Å². The average Bonchev–Trinajstić information content (AvgIpc) is 2.95. The highest BCUT2D eigenvalue weighted by atomic mass is 16.2. The largest absolute Gasteiger partial charge is 0.344 e. The van der Waals surface area contributed by atoms with Gasteiger partial charge in [-0.15, -0.1) is 0 Å². The summed E-state index contributed by atoms with van der Waals surface area (Å²) in [5, 5.41) is 5.23. The SMILES string of the molecule is CC(C)n1cc(/C=N/NC(=O)c2ccccc2)c2ccccc21. The number of fused-ring (bicyclic) bond motifs is 1. The lowest BCUT2D eigenvalue weighted by Crippen LogP contribution is -2.17. The third-order valence-electron chi connectivity index (χ3n) is 3.73. The summed E-state index contributed by atoms with van der Waals surface area (Å²) in [4.78, 5) is 12.0. The minimum Gasteiger partial charge on any atom is -0.344 e. The van der Waals surface area contributed by atoms with Gasteiger partial charge in [-0.25, -0.2) is 5.43 Å². The van der Waals surface area contributed by atoms with Crippen LogP contribution in [0, 0.1) is 0 Å². The molecule has 0 fully saturated rings. The lowest BCUT2D eigenvalue weighted by Gasteiger charge is -2.08. The van der Waals surface area contributed by atoms with E-state index in [1.54, 1.807) is 18.3 Å². The van der Waals surface area contributed by atoms with Crippen LogP contribution in [0.25, 0.3) is 10.9 Å². The number of amides is 1. The van der Waals surface area contributed by atoms with Crippen molar-refractivity contribution in [3.05, 3.63) is 71.9 Å². The highest BCUT2D eigenvalue weighted by Gasteiger charge is 2.08. The van der Waals surface area contributed by atoms with Crippen LogP contribution in [0.1, 0.15) is 35.8 Å². The average molecular weight is 305 g/mol. The first-order valence-corrected chi connectivity index (χ1v) is 7.65. The van der Waals surface area contributed by atoms with Crippen molar-refractivity contribution in [2.24, 2.45) is 5.10 Å². The van der Waals surface area contributed by atoms with E-state index in [0.717, 1.165) is 10.9 Å². The first kappa shape index (κ1) is 15.0. The Hall–Kier alpha value is -2.88. The molecule has 4 heteroatoms. The van der Waals surface area contributed by atoms with Crippen LogP contribution < -0.4 is 5.43 Å². The number of nitrogens with zero attached hydrogens (tertiary/aromatic N) is 2. The summed E-state index contributed by atoms with van der Waals surface area (Å²) in [5.41, 5.74) is 5.32. The second-order valence-corrected chi connectivity index (χ2v) is 5.67. The van der Waals surface area contributed by atoms with Gasteiger partial charge in [-0.2, -0.15) is 5.10 Å². The third kappa shape index (κ3) is 3.16. The van der Waals surface area contributed by atoms with Crippen LogP contribution in [-0.2, 0) is 0 Å². The van der Waals surface area contributed by atoms with E-state index in [-0.39, 0.29) is 5.91 Å². The smallest absolute Gasteiger partial charge is 0.271 e. The number of carbonyl (C=O) groups excluding carboxylic acids is 1. The van der Waals surface area contributed by atoms with E-state index in [4.69, 9.17) is 0 Å². The molecule has 3 aromatic rings. The first-order chi connectivity index (χ1) is 11.2. The molecule has 0 aliphatic carbocycles. The van der Waals surface area contributed by atoms with Crippen molar-refractivity contribution < 1.29 is 4.79 Å². The topological polar surface area (TPSA) is 46.4 Å². The number of carbonyl (C=O) groups is 1. The molecule has 0 spiro atoms. The van der Waals surface area contributed by atoms with Gasteiger partial charge in [-0.05, 0) is 32.0 Å². The van der Waals surface area contributed by atoms with Crippen molar-refractivity contribution >= 4 is 23.0 Å². The van der Waals surface area contributed by atoms with E-state index in [1.807, 2.05) is 30.3 Å². The van der Waals surface area contributed by atoms with Gasteiger partial charge in [-0.1, -0.05) is 36.4 Å². The van der Waals surface area contributed by atoms with Crippen LogP contribution in [0.3, 0.4) is 0 Å². The number of rotatable bonds is 4. The molecule has 2 aromatic carbocycles. The first-order valence-electron chi connectivity index (χ1n) is 7.65. The molecule has 0 radical (unpaired) electrons. The zero-order valence-corrected chi connectivity index (χ0v) is 13.2. The predicted molar refractivity (Wildman–Crippen MR) is 93.8 cm³/mol. The Balaban J connectivity index is 1.83. The number of hydrazone groups is 1. The monoisotopic (exact) mass is 305 g/mol. The van der Waals surface area contributed by atoms with E-state index in [1.165, 1.54) is 5.52 Å². The van der Waals surface area contributed by atoms with Gasteiger partial charge >= 0.3 is 0 Å². The lowest BCUT2D eigenvalue weighted by molar-refractivity contribution is 0.0955. The summed E-state index contributed by atoms with van der Waals surface area (Å²) in [7, 11) is 0. The number of benzene rings is 2. The molecule has 4 nitrogen and oxygen atoms in total. The molecule has 0 atom stereocenters. The summed E-state index contributed by atoms with van der Waals surface area (Å²) in [6.45, 7) is 4.29. The normalized spacial score (nSPS) is 11.4. The van der Waals surface area contributed by atoms with Crippen LogP contribution in [0.5, 0.6) is 0 Å². The maximum absolute atomic E-state index is 12.0. The maximum atomic E-state index is 12.0. The Kier molecular flexibility index (Phi) is 4.24. The Morgan fingerprint density at radius 3 is 2.52 bits per heavy atom. The molecule has 1 aromatic heterocycles. The number of para-hydroxylation sites is 1. The van der Waals surface area contributed by atoms with Crippen molar-refractivity contribution in [2.75, 3.05) is 0 Å². The summed E-state index contributed by atoms with van der Waals surface area (Å²) in [6, 6.07) is 17.6. The van der Waals surface area contributed by atoms with Crippen molar-refractivity contribution in [3.8, 4) is 0 Å². The molecular formula is C19H19N3O. The van der Waals surface area contributed by atoms with Crippen LogP contribution >= 0.6 is 0 Å². The molecule has 0 aliphatic rings. The highest BCUT2D eigenvalue weighted by Crippen LogP contribution is 2.23. The molecule has 3 rings (SSSR count). The summed E-state index contributed by atoms with van der Waals surface area (Å²) >= 11 is 0. The van der Waals surface area contributed by atoms with Crippen LogP contribution in [0.15, 0.2) is 65.9 Å². The van der Waals surface area contributed by atoms with E-state index in [9.17, 15) is 4.79 Å². The second-order valence-electron chi connectivity index (χ2n) is 5.67. The number of hydrogen-bond donors (Lipinski definition) is 1. The van der Waals surface area contributed by atoms with Gasteiger partial charge in [0.1, 0.15) is 0 Å². The fourth-order valence-corrected chi connectivity index (χ4v) is 2.58. The van der Waals surface area contributed by atoms with E-state index < -0.39 is 0 Å². The van der Waals surface area contributed by atoms with Crippen LogP contribution in [0.4, 0.5) is 0 Å². The number of hydrogen-bond acceptors (Lipinski definition) is 2. The molecule has 1 heterocycles. The van der Waals surface area contributed by atoms with E-state index in [0.29, 0.717) is 11.6 Å². The van der Waals surface area contributed by atoms with Gasteiger partial charge in [0.25, 0.3) is 5.91 Å². The maximum Gasteiger partial charge on any atom is 0.271 e. The molecule has 0 saturated heterocycles. The third-order valence-corrected chi connectivity index (χ3v) is 3.73. The van der Waals surface area contributed by atoms with Gasteiger partial charge in [0.05, 0.1) is 6.21 Å². The molecule has 1 N–H and O–H groups in total. The molecule has 23 heavy (non-hydrogen) atoms. The van der Waals surface area contributed by atoms with Crippen molar-refractivity contribution in [3.63, 3.8) is 0 Å². The van der Waals surface area contributed by atoms with Gasteiger partial charge in [0.15, 0.2) is 0 Å². The highest BCUT2D eigenvalue weighted by molar-refractivity contribution is 6.00. The van der Waals surface area contributed by atoms with E-state index >= 15 is 0 Å². The number of aromatic nitrogens is 1. The Morgan fingerprint density at radius 2 is 1.78 bits per heavy atom. The fraction of sp³-hybridized carbons (Fsp3) is 0.158. The predicted octanol–water partition coefficient (Wildman–Crippen LogP) is 3.99. The molecular weight excluding hydrogens is 286 g/mol. The zero-order valence-electron chi connectivity index (χ0n) is 13.2. The Morgan fingerprint density at radius 1 is 1.09 bits per heavy atom. The molecule has 0 saturated carbocycles. The van der Waals surface area contributed by atoms with Crippen molar-refractivity contribution in [1.82, 2.24) is 9.99 Å². The Bertz CT molecular complexity index is 847. The fourth-order valence-electron chi connectivity index (χ4n) is 2.58. The molecule has 116 valence electrons. The van der Waals surface area contributed by atoms with Crippen molar-refractivity contribution in [2.45, 2.75) is 19.9 Å². The quantitative estimate of drug-likeness (QED) is 0.575. The molecule has 1 amide bonds. The zero-order chi connectivity index (χ0) is 16.2. The summed E-state index contributed by atoms with van der Waals surface area (Å²) < 4.78 is 2.20. The van der Waals surface area contributed by atoms with Crippen LogP contribution in [-0.4, -0.2) is 16.7 Å². The Labute approximate surface area is 135 Å². The van der Waals surface area contributed by atoms with Crippen molar-refractivity contribution in [1.29, 1.82) is 0 Å².